The van der Waals surface area contributed by atoms with Crippen molar-refractivity contribution in [3.8, 4) is 0 Å². The molecular formula is C11H19NO3S. The highest BCUT2D eigenvalue weighted by Gasteiger charge is 2.28. The third-order valence-electron chi connectivity index (χ3n) is 2.65. The zero-order chi connectivity index (χ0) is 12.0. The summed E-state index contributed by atoms with van der Waals surface area (Å²) in [6, 6.07) is 0. The van der Waals surface area contributed by atoms with Crippen LogP contribution in [0.15, 0.2) is 0 Å². The van der Waals surface area contributed by atoms with Crippen LogP contribution in [0.5, 0.6) is 0 Å². The van der Waals surface area contributed by atoms with Crippen molar-refractivity contribution >= 4 is 22.8 Å². The predicted octanol–water partition coefficient (Wildman–Crippen LogP) is 0.887. The molecule has 0 aromatic heterocycles. The molecule has 5 heteroatoms. The Morgan fingerprint density at radius 3 is 2.94 bits per heavy atom. The summed E-state index contributed by atoms with van der Waals surface area (Å²) in [7, 11) is 0. The van der Waals surface area contributed by atoms with E-state index in [0.29, 0.717) is 12.3 Å². The molecule has 1 aliphatic rings. The molecule has 0 spiro atoms. The summed E-state index contributed by atoms with van der Waals surface area (Å²) in [6.45, 7) is 3.25. The first-order valence-electron chi connectivity index (χ1n) is 5.65. The molecule has 16 heavy (non-hydrogen) atoms. The Bertz CT molecular complexity index is 258. The van der Waals surface area contributed by atoms with Crippen LogP contribution in [0.2, 0.25) is 0 Å². The second-order valence-corrected chi connectivity index (χ2v) is 5.34. The smallest absolute Gasteiger partial charge is 0.222 e. The summed E-state index contributed by atoms with van der Waals surface area (Å²) < 4.78 is 0. The second kappa shape index (κ2) is 6.91. The average Bonchev–Trinajstić information content (AvgIpc) is 2.57. The minimum atomic E-state index is 0.117. The molecule has 1 amide bonds. The second-order valence-electron chi connectivity index (χ2n) is 4.14. The molecule has 1 N–H and O–H groups in total. The Hall–Kier alpha value is -0.550. The van der Waals surface area contributed by atoms with Gasteiger partial charge in [-0.3, -0.25) is 9.59 Å². The molecule has 1 unspecified atom stereocenters. The van der Waals surface area contributed by atoms with E-state index >= 15 is 0 Å². The zero-order valence-electron chi connectivity index (χ0n) is 9.65. The van der Waals surface area contributed by atoms with E-state index in [4.69, 9.17) is 5.11 Å². The van der Waals surface area contributed by atoms with E-state index in [1.54, 1.807) is 6.92 Å². The van der Waals surface area contributed by atoms with E-state index in [1.807, 2.05) is 4.90 Å². The van der Waals surface area contributed by atoms with Crippen molar-refractivity contribution < 1.29 is 14.7 Å². The summed E-state index contributed by atoms with van der Waals surface area (Å²) in [5, 5.41) is 8.78. The molecule has 92 valence electrons. The number of rotatable bonds is 6. The first kappa shape index (κ1) is 13.5. The van der Waals surface area contributed by atoms with Gasteiger partial charge in [0, 0.05) is 38.8 Å². The Morgan fingerprint density at radius 1 is 1.56 bits per heavy atom. The largest absolute Gasteiger partial charge is 0.396 e. The highest BCUT2D eigenvalue weighted by molar-refractivity contribution is 8.13. The number of likely N-dealkylation sites (tertiary alicyclic amines) is 1. The minimum Gasteiger partial charge on any atom is -0.396 e. The van der Waals surface area contributed by atoms with Crippen molar-refractivity contribution in [1.29, 1.82) is 0 Å². The van der Waals surface area contributed by atoms with Crippen molar-refractivity contribution in [2.75, 3.05) is 25.4 Å². The van der Waals surface area contributed by atoms with E-state index in [2.05, 4.69) is 0 Å². The molecule has 0 bridgehead atoms. The summed E-state index contributed by atoms with van der Waals surface area (Å²) in [6.07, 6.45) is 2.17. The number of thioether (sulfide) groups is 1. The van der Waals surface area contributed by atoms with Crippen molar-refractivity contribution in [1.82, 2.24) is 4.90 Å². The van der Waals surface area contributed by atoms with Crippen LogP contribution in [0, 0.1) is 5.92 Å². The van der Waals surface area contributed by atoms with Gasteiger partial charge in [-0.2, -0.15) is 0 Å². The molecule has 0 radical (unpaired) electrons. The highest BCUT2D eigenvalue weighted by atomic mass is 32.2. The molecule has 1 saturated heterocycles. The molecule has 0 aromatic carbocycles. The quantitative estimate of drug-likeness (QED) is 0.706. The van der Waals surface area contributed by atoms with Gasteiger partial charge in [0.05, 0.1) is 0 Å². The topological polar surface area (TPSA) is 57.6 Å². The molecular weight excluding hydrogens is 226 g/mol. The van der Waals surface area contributed by atoms with E-state index in [1.165, 1.54) is 11.8 Å². The maximum absolute atomic E-state index is 11.6. The number of carbonyl (C=O) groups is 2. The average molecular weight is 245 g/mol. The third-order valence-corrected chi connectivity index (χ3v) is 3.70. The maximum Gasteiger partial charge on any atom is 0.222 e. The van der Waals surface area contributed by atoms with Crippen molar-refractivity contribution in [3.63, 3.8) is 0 Å². The van der Waals surface area contributed by atoms with Gasteiger partial charge in [-0.05, 0) is 18.8 Å². The Labute approximate surface area is 100 Å². The van der Waals surface area contributed by atoms with Crippen molar-refractivity contribution in [2.45, 2.75) is 26.2 Å². The predicted molar refractivity (Wildman–Crippen MR) is 64.1 cm³/mol. The number of amides is 1. The number of hydrogen-bond donors (Lipinski definition) is 1. The lowest BCUT2D eigenvalue weighted by Gasteiger charge is -2.15. The van der Waals surface area contributed by atoms with Crippen LogP contribution >= 0.6 is 11.8 Å². The van der Waals surface area contributed by atoms with E-state index in [9.17, 15) is 9.59 Å². The summed E-state index contributed by atoms with van der Waals surface area (Å²) >= 11 is 1.30. The number of carbonyl (C=O) groups excluding carboxylic acids is 2. The molecule has 1 atom stereocenters. The van der Waals surface area contributed by atoms with Crippen LogP contribution in [0.25, 0.3) is 0 Å². The minimum absolute atomic E-state index is 0.117. The molecule has 1 aliphatic heterocycles. The lowest BCUT2D eigenvalue weighted by atomic mass is 10.1. The number of nitrogens with zero attached hydrogens (tertiary/aromatic N) is 1. The maximum atomic E-state index is 11.6. The van der Waals surface area contributed by atoms with Crippen molar-refractivity contribution in [2.24, 2.45) is 5.92 Å². The zero-order valence-corrected chi connectivity index (χ0v) is 10.5. The fraction of sp³-hybridized carbons (Fsp3) is 0.818. The fourth-order valence-corrected chi connectivity index (χ4v) is 2.53. The molecule has 0 saturated carbocycles. The van der Waals surface area contributed by atoms with E-state index in [0.717, 1.165) is 31.7 Å². The van der Waals surface area contributed by atoms with Gasteiger partial charge in [0.1, 0.15) is 0 Å². The molecule has 1 heterocycles. The van der Waals surface area contributed by atoms with Crippen LogP contribution in [0.4, 0.5) is 0 Å². The fourth-order valence-electron chi connectivity index (χ4n) is 1.83. The first-order valence-corrected chi connectivity index (χ1v) is 6.64. The lowest BCUT2D eigenvalue weighted by Crippen LogP contribution is -2.26. The molecule has 0 aromatic rings. The Balaban J connectivity index is 2.24. The SMILES string of the molecule is CC(=O)SCC1CC(=O)N(CCCCO)C1. The van der Waals surface area contributed by atoms with Gasteiger partial charge in [-0.15, -0.1) is 0 Å². The monoisotopic (exact) mass is 245 g/mol. The number of hydrogen-bond acceptors (Lipinski definition) is 4. The van der Waals surface area contributed by atoms with Gasteiger partial charge >= 0.3 is 0 Å². The van der Waals surface area contributed by atoms with E-state index < -0.39 is 0 Å². The van der Waals surface area contributed by atoms with Gasteiger partial charge in [0.2, 0.25) is 5.91 Å². The van der Waals surface area contributed by atoms with Crippen LogP contribution in [0.3, 0.4) is 0 Å². The molecule has 1 fully saturated rings. The number of aliphatic hydroxyl groups excluding tert-OH is 1. The van der Waals surface area contributed by atoms with Gasteiger partial charge in [-0.1, -0.05) is 11.8 Å². The lowest BCUT2D eigenvalue weighted by molar-refractivity contribution is -0.127. The third kappa shape index (κ3) is 4.53. The standard InChI is InChI=1S/C11H19NO3S/c1-9(14)16-8-10-6-11(15)12(7-10)4-2-3-5-13/h10,13H,2-8H2,1H3. The molecule has 1 rings (SSSR count). The number of unbranched alkanes of at least 4 members (excludes halogenated alkanes) is 1. The van der Waals surface area contributed by atoms with Gasteiger partial charge in [0.15, 0.2) is 5.12 Å². The van der Waals surface area contributed by atoms with Gasteiger partial charge in [0.25, 0.3) is 0 Å². The van der Waals surface area contributed by atoms with Crippen LogP contribution in [0.1, 0.15) is 26.2 Å². The van der Waals surface area contributed by atoms with Crippen LogP contribution < -0.4 is 0 Å². The Morgan fingerprint density at radius 2 is 2.31 bits per heavy atom. The van der Waals surface area contributed by atoms with Crippen LogP contribution in [-0.4, -0.2) is 46.5 Å². The Kier molecular flexibility index (Phi) is 5.84. The summed E-state index contributed by atoms with van der Waals surface area (Å²) in [4.78, 5) is 24.3. The molecule has 4 nitrogen and oxygen atoms in total. The van der Waals surface area contributed by atoms with E-state index in [-0.39, 0.29) is 17.6 Å². The highest BCUT2D eigenvalue weighted by Crippen LogP contribution is 2.22. The van der Waals surface area contributed by atoms with Crippen LogP contribution in [-0.2, 0) is 9.59 Å². The molecule has 0 aliphatic carbocycles. The van der Waals surface area contributed by atoms with Gasteiger partial charge < -0.3 is 10.0 Å². The van der Waals surface area contributed by atoms with Gasteiger partial charge in [-0.25, -0.2) is 0 Å². The summed E-state index contributed by atoms with van der Waals surface area (Å²) in [5.74, 6) is 1.25. The summed E-state index contributed by atoms with van der Waals surface area (Å²) in [5.41, 5.74) is 0. The number of aliphatic hydroxyl groups is 1. The normalized spacial score (nSPS) is 20.5. The van der Waals surface area contributed by atoms with Crippen molar-refractivity contribution in [3.05, 3.63) is 0 Å². The first-order chi connectivity index (χ1) is 7.63.